The van der Waals surface area contributed by atoms with Crippen LogP contribution in [0.3, 0.4) is 0 Å². The van der Waals surface area contributed by atoms with Crippen molar-refractivity contribution in [2.45, 2.75) is 13.5 Å². The maximum atomic E-state index is 12.8. The summed E-state index contributed by atoms with van der Waals surface area (Å²) in [5, 5.41) is 0.850. The maximum Gasteiger partial charge on any atom is 0.290 e. The fraction of sp³-hybridized carbons (Fsp3) is 0.273. The van der Waals surface area contributed by atoms with Crippen LogP contribution < -0.4 is 10.3 Å². The third-order valence-electron chi connectivity index (χ3n) is 5.36. The molecule has 0 radical (unpaired) electrons. The van der Waals surface area contributed by atoms with Gasteiger partial charge in [0.15, 0.2) is 11.2 Å². The van der Waals surface area contributed by atoms with E-state index in [0.717, 1.165) is 19.6 Å². The molecule has 3 aromatic rings. The predicted molar refractivity (Wildman–Crippen MR) is 109 cm³/mol. The Balaban J connectivity index is 1.45. The van der Waals surface area contributed by atoms with Crippen LogP contribution in [0.15, 0.2) is 57.7 Å². The van der Waals surface area contributed by atoms with Crippen LogP contribution >= 0.6 is 11.6 Å². The van der Waals surface area contributed by atoms with Gasteiger partial charge >= 0.3 is 0 Å². The number of piperazine rings is 1. The predicted octanol–water partition coefficient (Wildman–Crippen LogP) is 2.30. The highest BCUT2D eigenvalue weighted by atomic mass is 35.5. The second-order valence-electron chi connectivity index (χ2n) is 7.26. The van der Waals surface area contributed by atoms with E-state index in [-0.39, 0.29) is 17.1 Å². The molecule has 5 nitrogen and oxygen atoms in total. The molecule has 1 aromatic heterocycles. The molecule has 2 aromatic carbocycles. The van der Waals surface area contributed by atoms with Gasteiger partial charge < -0.3 is 14.2 Å². The largest absolute Gasteiger partial charge is 0.451 e. The summed E-state index contributed by atoms with van der Waals surface area (Å²) in [6.45, 7) is 6.11. The third-order valence-corrected chi connectivity index (χ3v) is 5.59. The minimum absolute atomic E-state index is 0.0853. The number of hydrogen-bond acceptors (Lipinski definition) is 3. The number of carbonyl (C=O) groups is 1. The maximum absolute atomic E-state index is 12.8. The van der Waals surface area contributed by atoms with Crippen molar-refractivity contribution in [3.63, 3.8) is 0 Å². The van der Waals surface area contributed by atoms with E-state index in [9.17, 15) is 9.59 Å². The molecular weight excluding hydrogens is 376 g/mol. The van der Waals surface area contributed by atoms with Gasteiger partial charge in [-0.2, -0.15) is 0 Å². The summed E-state index contributed by atoms with van der Waals surface area (Å²) in [6, 6.07) is 14.5. The Bertz CT molecular complexity index is 1080. The molecule has 1 aliphatic heterocycles. The highest BCUT2D eigenvalue weighted by Crippen LogP contribution is 2.18. The molecule has 0 saturated carbocycles. The summed E-state index contributed by atoms with van der Waals surface area (Å²) in [7, 11) is 0. The molecule has 0 spiro atoms. The first-order chi connectivity index (χ1) is 13.5. The third kappa shape index (κ3) is 3.81. The molecule has 28 heavy (non-hydrogen) atoms. The quantitative estimate of drug-likeness (QED) is 0.737. The molecule has 0 aliphatic carbocycles. The molecule has 1 aliphatic rings. The van der Waals surface area contributed by atoms with E-state index in [2.05, 4.69) is 31.2 Å². The van der Waals surface area contributed by atoms with Crippen molar-refractivity contribution in [1.29, 1.82) is 0 Å². The van der Waals surface area contributed by atoms with Gasteiger partial charge in [-0.1, -0.05) is 35.9 Å². The van der Waals surface area contributed by atoms with Crippen LogP contribution in [-0.2, 0) is 6.54 Å². The minimum atomic E-state index is -0.254. The monoisotopic (exact) mass is 397 g/mol. The number of quaternary nitrogens is 1. The standard InChI is InChI=1S/C22H21ClN2O3/c1-15-4-2-3-5-16(15)14-24-8-10-25(11-9-24)22(27)21-13-19(26)18-12-17(23)6-7-20(18)28-21/h2-7,12-13H,8-11,14H2,1H3/p+1. The number of halogens is 1. The molecule has 6 heteroatoms. The van der Waals surface area contributed by atoms with E-state index in [0.29, 0.717) is 29.1 Å². The average molecular weight is 398 g/mol. The average Bonchev–Trinajstić information content (AvgIpc) is 2.70. The lowest BCUT2D eigenvalue weighted by molar-refractivity contribution is -0.917. The minimum Gasteiger partial charge on any atom is -0.451 e. The first kappa shape index (κ1) is 18.7. The fourth-order valence-corrected chi connectivity index (χ4v) is 3.84. The van der Waals surface area contributed by atoms with Crippen molar-refractivity contribution < 1.29 is 14.1 Å². The molecule has 1 fully saturated rings. The van der Waals surface area contributed by atoms with Crippen molar-refractivity contribution >= 4 is 28.5 Å². The van der Waals surface area contributed by atoms with Crippen LogP contribution in [0, 0.1) is 6.92 Å². The Morgan fingerprint density at radius 2 is 1.89 bits per heavy atom. The van der Waals surface area contributed by atoms with E-state index < -0.39 is 0 Å². The summed E-state index contributed by atoms with van der Waals surface area (Å²) in [5.74, 6) is -0.147. The summed E-state index contributed by atoms with van der Waals surface area (Å²) in [5.41, 5.74) is 2.77. The Hall–Kier alpha value is -2.63. The van der Waals surface area contributed by atoms with Crippen molar-refractivity contribution in [1.82, 2.24) is 4.90 Å². The fourth-order valence-electron chi connectivity index (χ4n) is 3.67. The van der Waals surface area contributed by atoms with Gasteiger partial charge in [-0.05, 0) is 30.7 Å². The van der Waals surface area contributed by atoms with E-state index >= 15 is 0 Å². The molecule has 1 saturated heterocycles. The highest BCUT2D eigenvalue weighted by Gasteiger charge is 2.26. The van der Waals surface area contributed by atoms with Crippen molar-refractivity contribution in [3.05, 3.63) is 80.7 Å². The number of hydrogen-bond donors (Lipinski definition) is 1. The summed E-state index contributed by atoms with van der Waals surface area (Å²) >= 11 is 5.94. The number of nitrogens with zero attached hydrogens (tertiary/aromatic N) is 1. The lowest BCUT2D eigenvalue weighted by atomic mass is 10.1. The number of aryl methyl sites for hydroxylation is 1. The van der Waals surface area contributed by atoms with Crippen molar-refractivity contribution in [2.24, 2.45) is 0 Å². The zero-order valence-electron chi connectivity index (χ0n) is 15.7. The molecule has 4 rings (SSSR count). The van der Waals surface area contributed by atoms with E-state index in [1.54, 1.807) is 23.1 Å². The normalized spacial score (nSPS) is 15.1. The van der Waals surface area contributed by atoms with Crippen molar-refractivity contribution in [3.8, 4) is 0 Å². The Morgan fingerprint density at radius 3 is 2.64 bits per heavy atom. The summed E-state index contributed by atoms with van der Waals surface area (Å²) < 4.78 is 5.69. The highest BCUT2D eigenvalue weighted by molar-refractivity contribution is 6.31. The van der Waals surface area contributed by atoms with Crippen LogP contribution in [0.1, 0.15) is 21.7 Å². The van der Waals surface area contributed by atoms with Crippen LogP contribution in [0.5, 0.6) is 0 Å². The van der Waals surface area contributed by atoms with Gasteiger partial charge in [-0.15, -0.1) is 0 Å². The Kier molecular flexibility index (Phi) is 5.20. The van der Waals surface area contributed by atoms with Gasteiger partial charge in [-0.25, -0.2) is 0 Å². The molecule has 0 atom stereocenters. The van der Waals surface area contributed by atoms with Gasteiger partial charge in [0.2, 0.25) is 0 Å². The number of amides is 1. The number of benzene rings is 2. The van der Waals surface area contributed by atoms with Crippen LogP contribution in [0.4, 0.5) is 0 Å². The Morgan fingerprint density at radius 1 is 1.14 bits per heavy atom. The molecule has 1 N–H and O–H groups in total. The smallest absolute Gasteiger partial charge is 0.290 e. The van der Waals surface area contributed by atoms with E-state index in [4.69, 9.17) is 16.0 Å². The van der Waals surface area contributed by atoms with Crippen LogP contribution in [0.25, 0.3) is 11.0 Å². The lowest BCUT2D eigenvalue weighted by Crippen LogP contribution is -3.13. The number of carbonyl (C=O) groups excluding carboxylic acids is 1. The Labute approximate surface area is 168 Å². The number of fused-ring (bicyclic) bond motifs is 1. The second-order valence-corrected chi connectivity index (χ2v) is 7.70. The second kappa shape index (κ2) is 7.78. The molecule has 0 unspecified atom stereocenters. The topological polar surface area (TPSA) is 55.0 Å². The van der Waals surface area contributed by atoms with Gasteiger partial charge in [0, 0.05) is 16.7 Å². The van der Waals surface area contributed by atoms with Crippen LogP contribution in [0.2, 0.25) is 5.02 Å². The van der Waals surface area contributed by atoms with E-state index in [1.807, 2.05) is 0 Å². The summed E-state index contributed by atoms with van der Waals surface area (Å²) in [4.78, 5) is 28.4. The molecule has 2 heterocycles. The van der Waals surface area contributed by atoms with Gasteiger partial charge in [-0.3, -0.25) is 9.59 Å². The first-order valence-electron chi connectivity index (χ1n) is 9.42. The zero-order valence-corrected chi connectivity index (χ0v) is 16.5. The zero-order chi connectivity index (χ0) is 19.7. The summed E-state index contributed by atoms with van der Waals surface area (Å²) in [6.07, 6.45) is 0. The SMILES string of the molecule is Cc1ccccc1C[NH+]1CCN(C(=O)c2cc(=O)c3cc(Cl)ccc3o2)CC1. The number of nitrogens with one attached hydrogen (secondary N) is 1. The molecule has 144 valence electrons. The lowest BCUT2D eigenvalue weighted by Gasteiger charge is -2.32. The van der Waals surface area contributed by atoms with Gasteiger partial charge in [0.1, 0.15) is 12.1 Å². The van der Waals surface area contributed by atoms with E-state index in [1.165, 1.54) is 22.1 Å². The van der Waals surface area contributed by atoms with Crippen molar-refractivity contribution in [2.75, 3.05) is 26.2 Å². The molecular formula is C22H22ClN2O3+. The molecule has 0 bridgehead atoms. The van der Waals surface area contributed by atoms with Gasteiger partial charge in [0.05, 0.1) is 31.6 Å². The van der Waals surface area contributed by atoms with Crippen LogP contribution in [-0.4, -0.2) is 37.0 Å². The van der Waals surface area contributed by atoms with Gasteiger partial charge in [0.25, 0.3) is 5.91 Å². The number of rotatable bonds is 3. The molecule has 1 amide bonds. The first-order valence-corrected chi connectivity index (χ1v) is 9.80.